The van der Waals surface area contributed by atoms with Crippen molar-refractivity contribution in [3.05, 3.63) is 52.3 Å². The van der Waals surface area contributed by atoms with E-state index in [2.05, 4.69) is 9.71 Å². The Labute approximate surface area is 126 Å². The van der Waals surface area contributed by atoms with Gasteiger partial charge < -0.3 is 5.73 Å². The Morgan fingerprint density at radius 1 is 1.25 bits per heavy atom. The first-order valence-corrected chi connectivity index (χ1v) is 7.79. The van der Waals surface area contributed by atoms with Crippen LogP contribution >= 0.6 is 23.2 Å². The Kier molecular flexibility index (Phi) is 4.49. The highest BCUT2D eigenvalue weighted by Gasteiger charge is 2.21. The van der Waals surface area contributed by atoms with Crippen LogP contribution in [-0.4, -0.2) is 13.4 Å². The summed E-state index contributed by atoms with van der Waals surface area (Å²) < 4.78 is 27.0. The van der Waals surface area contributed by atoms with Gasteiger partial charge in [0.05, 0.1) is 16.9 Å². The summed E-state index contributed by atoms with van der Waals surface area (Å²) in [6.07, 6.45) is 2.94. The van der Waals surface area contributed by atoms with Gasteiger partial charge >= 0.3 is 0 Å². The lowest BCUT2D eigenvalue weighted by molar-refractivity contribution is 0.601. The van der Waals surface area contributed by atoms with E-state index in [1.807, 2.05) is 0 Å². The minimum atomic E-state index is -3.83. The van der Waals surface area contributed by atoms with Crippen LogP contribution in [-0.2, 0) is 16.6 Å². The molecule has 3 N–H and O–H groups in total. The van der Waals surface area contributed by atoms with Crippen molar-refractivity contribution in [3.63, 3.8) is 0 Å². The highest BCUT2D eigenvalue weighted by Crippen LogP contribution is 2.31. The zero-order valence-electron chi connectivity index (χ0n) is 10.2. The van der Waals surface area contributed by atoms with Gasteiger partial charge in [-0.3, -0.25) is 9.71 Å². The number of sulfonamides is 1. The van der Waals surface area contributed by atoms with Crippen LogP contribution in [0.2, 0.25) is 10.0 Å². The fourth-order valence-electron chi connectivity index (χ4n) is 1.60. The minimum Gasteiger partial charge on any atom is -0.326 e. The fraction of sp³-hybridized carbons (Fsp3) is 0.0833. The first-order valence-electron chi connectivity index (χ1n) is 5.55. The van der Waals surface area contributed by atoms with Gasteiger partial charge in [0.25, 0.3) is 10.0 Å². The smallest absolute Gasteiger partial charge is 0.263 e. The van der Waals surface area contributed by atoms with Gasteiger partial charge in [0, 0.05) is 23.3 Å². The Balaban J connectivity index is 2.45. The molecule has 1 aromatic carbocycles. The third kappa shape index (κ3) is 3.04. The second-order valence-corrected chi connectivity index (χ2v) is 6.33. The average Bonchev–Trinajstić information content (AvgIpc) is 2.39. The molecule has 2 aromatic rings. The summed E-state index contributed by atoms with van der Waals surface area (Å²) >= 11 is 12.0. The van der Waals surface area contributed by atoms with E-state index in [1.165, 1.54) is 18.3 Å². The largest absolute Gasteiger partial charge is 0.326 e. The Morgan fingerprint density at radius 2 is 2.00 bits per heavy atom. The van der Waals surface area contributed by atoms with Crippen molar-refractivity contribution in [2.45, 2.75) is 11.4 Å². The van der Waals surface area contributed by atoms with E-state index >= 15 is 0 Å². The number of pyridine rings is 1. The highest BCUT2D eigenvalue weighted by atomic mass is 35.5. The van der Waals surface area contributed by atoms with E-state index in [4.69, 9.17) is 28.9 Å². The molecule has 0 spiro atoms. The Bertz CT molecular complexity index is 721. The van der Waals surface area contributed by atoms with Crippen molar-refractivity contribution in [3.8, 4) is 0 Å². The maximum Gasteiger partial charge on any atom is 0.263 e. The second-order valence-electron chi connectivity index (χ2n) is 3.89. The summed E-state index contributed by atoms with van der Waals surface area (Å²) in [5.74, 6) is 0. The molecule has 0 saturated heterocycles. The number of halogens is 2. The third-order valence-corrected chi connectivity index (χ3v) is 4.88. The minimum absolute atomic E-state index is 0.0244. The van der Waals surface area contributed by atoms with E-state index in [9.17, 15) is 8.42 Å². The van der Waals surface area contributed by atoms with Gasteiger partial charge in [0.1, 0.15) is 4.90 Å². The second kappa shape index (κ2) is 5.97. The molecule has 8 heteroatoms. The van der Waals surface area contributed by atoms with E-state index in [0.717, 1.165) is 0 Å². The summed E-state index contributed by atoms with van der Waals surface area (Å²) in [5, 5.41) is 0.356. The van der Waals surface area contributed by atoms with Crippen LogP contribution in [0.15, 0.2) is 41.6 Å². The van der Waals surface area contributed by atoms with Crippen molar-refractivity contribution >= 4 is 38.9 Å². The van der Waals surface area contributed by atoms with Gasteiger partial charge in [-0.15, -0.1) is 0 Å². The molecule has 0 bridgehead atoms. The SMILES string of the molecule is NCc1c(Cl)ccc(S(=O)(=O)Nc2cccnc2)c1Cl. The predicted molar refractivity (Wildman–Crippen MR) is 79.4 cm³/mol. The molecule has 0 saturated carbocycles. The standard InChI is InChI=1S/C12H11Cl2N3O2S/c13-10-3-4-11(12(14)9(10)6-15)20(18,19)17-8-2-1-5-16-7-8/h1-5,7,17H,6,15H2. The van der Waals surface area contributed by atoms with Crippen LogP contribution in [0.1, 0.15) is 5.56 Å². The van der Waals surface area contributed by atoms with Crippen molar-refractivity contribution in [1.29, 1.82) is 0 Å². The van der Waals surface area contributed by atoms with Gasteiger partial charge in [0.15, 0.2) is 0 Å². The van der Waals surface area contributed by atoms with Crippen LogP contribution in [0, 0.1) is 0 Å². The number of anilines is 1. The van der Waals surface area contributed by atoms with Crippen LogP contribution in [0.25, 0.3) is 0 Å². The monoisotopic (exact) mass is 331 g/mol. The molecule has 1 heterocycles. The lowest BCUT2D eigenvalue weighted by atomic mass is 10.2. The zero-order valence-corrected chi connectivity index (χ0v) is 12.5. The molecule has 1 aromatic heterocycles. The van der Waals surface area contributed by atoms with Crippen LogP contribution in [0.5, 0.6) is 0 Å². The molecular formula is C12H11Cl2N3O2S. The molecule has 0 radical (unpaired) electrons. The number of hydrogen-bond acceptors (Lipinski definition) is 4. The summed E-state index contributed by atoms with van der Waals surface area (Å²) in [7, 11) is -3.83. The molecule has 0 aliphatic heterocycles. The molecule has 106 valence electrons. The highest BCUT2D eigenvalue weighted by molar-refractivity contribution is 7.92. The molecule has 0 aliphatic rings. The maximum atomic E-state index is 12.3. The molecule has 2 rings (SSSR count). The van der Waals surface area contributed by atoms with Crippen LogP contribution in [0.4, 0.5) is 5.69 Å². The van der Waals surface area contributed by atoms with Crippen LogP contribution in [0.3, 0.4) is 0 Å². The zero-order chi connectivity index (χ0) is 14.8. The Hall–Kier alpha value is -1.34. The molecular weight excluding hydrogens is 321 g/mol. The maximum absolute atomic E-state index is 12.3. The molecule has 0 atom stereocenters. The van der Waals surface area contributed by atoms with Gasteiger partial charge in [0.2, 0.25) is 0 Å². The first kappa shape index (κ1) is 15.1. The van der Waals surface area contributed by atoms with E-state index in [0.29, 0.717) is 16.3 Å². The predicted octanol–water partition coefficient (Wildman–Crippen LogP) is 2.65. The average molecular weight is 332 g/mol. The van der Waals surface area contributed by atoms with Gasteiger partial charge in [-0.1, -0.05) is 23.2 Å². The van der Waals surface area contributed by atoms with Gasteiger partial charge in [-0.25, -0.2) is 8.42 Å². The number of aromatic nitrogens is 1. The number of benzene rings is 1. The number of nitrogens with two attached hydrogens (primary N) is 1. The van der Waals surface area contributed by atoms with Gasteiger partial charge in [-0.05, 0) is 24.3 Å². The summed E-state index contributed by atoms with van der Waals surface area (Å²) in [5.41, 5.74) is 6.25. The quantitative estimate of drug-likeness (QED) is 0.901. The van der Waals surface area contributed by atoms with Crippen molar-refractivity contribution < 1.29 is 8.42 Å². The summed E-state index contributed by atoms with van der Waals surface area (Å²) in [6, 6.07) is 5.99. The topological polar surface area (TPSA) is 85.1 Å². The fourth-order valence-corrected chi connectivity index (χ4v) is 3.58. The normalized spacial score (nSPS) is 11.3. The lowest BCUT2D eigenvalue weighted by Crippen LogP contribution is -2.14. The molecule has 0 amide bonds. The van der Waals surface area contributed by atoms with Gasteiger partial charge in [-0.2, -0.15) is 0 Å². The van der Waals surface area contributed by atoms with Crippen molar-refractivity contribution in [2.75, 3.05) is 4.72 Å². The number of nitrogens with one attached hydrogen (secondary N) is 1. The molecule has 20 heavy (non-hydrogen) atoms. The third-order valence-electron chi connectivity index (χ3n) is 2.56. The lowest BCUT2D eigenvalue weighted by Gasteiger charge is -2.12. The Morgan fingerprint density at radius 3 is 2.60 bits per heavy atom. The van der Waals surface area contributed by atoms with E-state index in [-0.39, 0.29) is 16.5 Å². The molecule has 0 aliphatic carbocycles. The first-order chi connectivity index (χ1) is 9.45. The van der Waals surface area contributed by atoms with E-state index in [1.54, 1.807) is 18.3 Å². The van der Waals surface area contributed by atoms with Crippen molar-refractivity contribution in [2.24, 2.45) is 5.73 Å². The van der Waals surface area contributed by atoms with E-state index < -0.39 is 10.0 Å². The number of hydrogen-bond donors (Lipinski definition) is 2. The summed E-state index contributed by atoms with van der Waals surface area (Å²) in [6.45, 7) is 0.0495. The number of nitrogens with zero attached hydrogens (tertiary/aromatic N) is 1. The van der Waals surface area contributed by atoms with Crippen molar-refractivity contribution in [1.82, 2.24) is 4.98 Å². The molecule has 5 nitrogen and oxygen atoms in total. The van der Waals surface area contributed by atoms with Crippen LogP contribution < -0.4 is 10.5 Å². The summed E-state index contributed by atoms with van der Waals surface area (Å²) in [4.78, 5) is 3.76. The number of rotatable bonds is 4. The molecule has 0 unspecified atom stereocenters. The molecule has 0 fully saturated rings.